The van der Waals surface area contributed by atoms with E-state index in [1.165, 1.54) is 12.1 Å². The number of halogens is 1. The Morgan fingerprint density at radius 2 is 1.82 bits per heavy atom. The number of hydrogen-bond donors (Lipinski definition) is 1. The molecule has 0 unspecified atom stereocenters. The van der Waals surface area contributed by atoms with Crippen LogP contribution < -0.4 is 5.32 Å². The average Bonchev–Trinajstić information content (AvgIpc) is 2.71. The van der Waals surface area contributed by atoms with Crippen LogP contribution in [0.2, 0.25) is 0 Å². The first-order valence-corrected chi connectivity index (χ1v) is 5.42. The van der Waals surface area contributed by atoms with Gasteiger partial charge < -0.3 is 5.32 Å². The Morgan fingerprint density at radius 1 is 1.06 bits per heavy atom. The number of hydrogen-bond acceptors (Lipinski definition) is 1. The van der Waals surface area contributed by atoms with Gasteiger partial charge in [0.15, 0.2) is 0 Å². The van der Waals surface area contributed by atoms with Gasteiger partial charge in [0, 0.05) is 12.1 Å². The van der Waals surface area contributed by atoms with E-state index < -0.39 is 0 Å². The van der Waals surface area contributed by atoms with Crippen molar-refractivity contribution in [1.29, 1.82) is 0 Å². The summed E-state index contributed by atoms with van der Waals surface area (Å²) < 4.78 is 13.2. The minimum atomic E-state index is -0.266. The lowest BCUT2D eigenvalue weighted by atomic mass is 9.97. The minimum Gasteiger partial charge on any atom is -0.348 e. The van der Waals surface area contributed by atoms with Crippen LogP contribution in [0.15, 0.2) is 42.5 Å². The van der Waals surface area contributed by atoms with E-state index in [0.717, 1.165) is 16.7 Å². The van der Waals surface area contributed by atoms with Crippen molar-refractivity contribution in [2.24, 2.45) is 0 Å². The van der Waals surface area contributed by atoms with Crippen molar-refractivity contribution < 1.29 is 9.18 Å². The highest BCUT2D eigenvalue weighted by Crippen LogP contribution is 2.29. The predicted molar refractivity (Wildman–Crippen MR) is 63.0 cm³/mol. The number of carbonyl (C=O) groups is 1. The first kappa shape index (κ1) is 10.0. The Balaban J connectivity index is 2.20. The summed E-state index contributed by atoms with van der Waals surface area (Å²) in [6, 6.07) is 11.9. The molecule has 0 bridgehead atoms. The molecule has 0 atom stereocenters. The molecule has 0 aromatic heterocycles. The molecule has 1 heterocycles. The molecule has 0 aliphatic carbocycles. The zero-order chi connectivity index (χ0) is 11.8. The van der Waals surface area contributed by atoms with E-state index in [9.17, 15) is 9.18 Å². The van der Waals surface area contributed by atoms with E-state index in [1.54, 1.807) is 12.1 Å². The molecule has 1 aliphatic heterocycles. The largest absolute Gasteiger partial charge is 0.348 e. The van der Waals surface area contributed by atoms with Gasteiger partial charge in [-0.05, 0) is 34.9 Å². The Hall–Kier alpha value is -2.16. The van der Waals surface area contributed by atoms with Crippen molar-refractivity contribution in [2.75, 3.05) is 0 Å². The van der Waals surface area contributed by atoms with E-state index in [1.807, 2.05) is 18.2 Å². The van der Waals surface area contributed by atoms with Gasteiger partial charge in [-0.25, -0.2) is 4.39 Å². The average molecular weight is 227 g/mol. The summed E-state index contributed by atoms with van der Waals surface area (Å²) in [4.78, 5) is 11.5. The van der Waals surface area contributed by atoms with Gasteiger partial charge in [-0.3, -0.25) is 4.79 Å². The van der Waals surface area contributed by atoms with Crippen molar-refractivity contribution >= 4 is 5.91 Å². The zero-order valence-electron chi connectivity index (χ0n) is 9.03. The summed E-state index contributed by atoms with van der Waals surface area (Å²) in [7, 11) is 0. The van der Waals surface area contributed by atoms with E-state index in [4.69, 9.17) is 0 Å². The molecular formula is C14H10FNO. The van der Waals surface area contributed by atoms with Crippen LogP contribution in [0.4, 0.5) is 4.39 Å². The number of nitrogens with one attached hydrogen (secondary N) is 1. The molecule has 0 spiro atoms. The normalized spacial score (nSPS) is 13.4. The van der Waals surface area contributed by atoms with Gasteiger partial charge in [0.1, 0.15) is 5.82 Å². The Kier molecular flexibility index (Phi) is 2.18. The molecule has 0 saturated heterocycles. The molecule has 1 N–H and O–H groups in total. The predicted octanol–water partition coefficient (Wildman–Crippen LogP) is 2.74. The van der Waals surface area contributed by atoms with Crippen LogP contribution in [-0.4, -0.2) is 5.91 Å². The Labute approximate surface area is 98.1 Å². The second-order valence-electron chi connectivity index (χ2n) is 4.02. The van der Waals surface area contributed by atoms with Crippen molar-refractivity contribution in [2.45, 2.75) is 6.54 Å². The first-order valence-electron chi connectivity index (χ1n) is 5.42. The van der Waals surface area contributed by atoms with Gasteiger partial charge in [-0.15, -0.1) is 0 Å². The SMILES string of the molecule is O=C1NCc2c1cccc2-c1cccc(F)c1. The third kappa shape index (κ3) is 1.60. The van der Waals surface area contributed by atoms with Gasteiger partial charge in [-0.1, -0.05) is 24.3 Å². The number of benzene rings is 2. The van der Waals surface area contributed by atoms with Crippen molar-refractivity contribution in [1.82, 2.24) is 5.32 Å². The van der Waals surface area contributed by atoms with Gasteiger partial charge in [-0.2, -0.15) is 0 Å². The van der Waals surface area contributed by atoms with Crippen LogP contribution in [-0.2, 0) is 6.54 Å². The van der Waals surface area contributed by atoms with Crippen LogP contribution in [0, 0.1) is 5.82 Å². The highest BCUT2D eigenvalue weighted by molar-refractivity contribution is 6.00. The highest BCUT2D eigenvalue weighted by Gasteiger charge is 2.21. The van der Waals surface area contributed by atoms with E-state index in [2.05, 4.69) is 5.32 Å². The number of carbonyl (C=O) groups excluding carboxylic acids is 1. The molecule has 2 aromatic carbocycles. The van der Waals surface area contributed by atoms with Gasteiger partial charge in [0.25, 0.3) is 5.91 Å². The topological polar surface area (TPSA) is 29.1 Å². The van der Waals surface area contributed by atoms with E-state index >= 15 is 0 Å². The van der Waals surface area contributed by atoms with Crippen LogP contribution in [0.25, 0.3) is 11.1 Å². The molecule has 0 fully saturated rings. The maximum absolute atomic E-state index is 13.2. The maximum atomic E-state index is 13.2. The van der Waals surface area contributed by atoms with Crippen LogP contribution in [0.5, 0.6) is 0 Å². The number of amides is 1. The molecule has 1 aliphatic rings. The maximum Gasteiger partial charge on any atom is 0.251 e. The molecular weight excluding hydrogens is 217 g/mol. The summed E-state index contributed by atoms with van der Waals surface area (Å²) in [6.45, 7) is 0.515. The summed E-state index contributed by atoms with van der Waals surface area (Å²) >= 11 is 0. The first-order chi connectivity index (χ1) is 8.25. The Morgan fingerprint density at radius 3 is 2.65 bits per heavy atom. The van der Waals surface area contributed by atoms with Crippen molar-refractivity contribution in [3.8, 4) is 11.1 Å². The molecule has 17 heavy (non-hydrogen) atoms. The Bertz CT molecular complexity index is 607. The summed E-state index contributed by atoms with van der Waals surface area (Å²) in [5.74, 6) is -0.323. The second kappa shape index (κ2) is 3.70. The smallest absolute Gasteiger partial charge is 0.251 e. The number of fused-ring (bicyclic) bond motifs is 1. The molecule has 2 nitrogen and oxygen atoms in total. The fraction of sp³-hybridized carbons (Fsp3) is 0.0714. The van der Waals surface area contributed by atoms with E-state index in [-0.39, 0.29) is 11.7 Å². The number of rotatable bonds is 1. The van der Waals surface area contributed by atoms with E-state index in [0.29, 0.717) is 12.1 Å². The fourth-order valence-corrected chi connectivity index (χ4v) is 2.18. The lowest BCUT2D eigenvalue weighted by molar-refractivity contribution is 0.0966. The van der Waals surface area contributed by atoms with Crippen LogP contribution in [0.3, 0.4) is 0 Å². The standard InChI is InChI=1S/C14H10FNO/c15-10-4-1-3-9(7-10)11-5-2-6-12-13(11)8-16-14(12)17/h1-7H,8H2,(H,16,17). The third-order valence-electron chi connectivity index (χ3n) is 2.98. The van der Waals surface area contributed by atoms with Crippen LogP contribution >= 0.6 is 0 Å². The lowest BCUT2D eigenvalue weighted by Crippen LogP contribution is -2.12. The lowest BCUT2D eigenvalue weighted by Gasteiger charge is -2.06. The molecule has 0 radical (unpaired) electrons. The fourth-order valence-electron chi connectivity index (χ4n) is 2.18. The molecule has 3 rings (SSSR count). The van der Waals surface area contributed by atoms with Crippen molar-refractivity contribution in [3.63, 3.8) is 0 Å². The molecule has 0 saturated carbocycles. The van der Waals surface area contributed by atoms with Gasteiger partial charge in [0.05, 0.1) is 0 Å². The quantitative estimate of drug-likeness (QED) is 0.797. The second-order valence-corrected chi connectivity index (χ2v) is 4.02. The molecule has 2 aromatic rings. The molecule has 84 valence electrons. The molecule has 1 amide bonds. The highest BCUT2D eigenvalue weighted by atomic mass is 19.1. The van der Waals surface area contributed by atoms with Crippen LogP contribution in [0.1, 0.15) is 15.9 Å². The van der Waals surface area contributed by atoms with Crippen molar-refractivity contribution in [3.05, 3.63) is 59.4 Å². The summed E-state index contributed by atoms with van der Waals surface area (Å²) in [5, 5.41) is 2.78. The van der Waals surface area contributed by atoms with Gasteiger partial charge in [0.2, 0.25) is 0 Å². The minimum absolute atomic E-state index is 0.0572. The van der Waals surface area contributed by atoms with Gasteiger partial charge >= 0.3 is 0 Å². The molecule has 3 heteroatoms. The third-order valence-corrected chi connectivity index (χ3v) is 2.98. The summed E-state index contributed by atoms with van der Waals surface area (Å²) in [6.07, 6.45) is 0. The summed E-state index contributed by atoms with van der Waals surface area (Å²) in [5.41, 5.74) is 3.36. The zero-order valence-corrected chi connectivity index (χ0v) is 9.03. The monoisotopic (exact) mass is 227 g/mol.